The molecule has 2 rings (SSSR count). The highest BCUT2D eigenvalue weighted by molar-refractivity contribution is 5.92. The monoisotopic (exact) mass is 253 g/mol. The summed E-state index contributed by atoms with van der Waals surface area (Å²) in [6.07, 6.45) is 1.53. The van der Waals surface area contributed by atoms with Crippen molar-refractivity contribution in [3.8, 4) is 6.07 Å². The van der Waals surface area contributed by atoms with Crippen LogP contribution in [0.15, 0.2) is 42.6 Å². The molecule has 2 aromatic rings. The van der Waals surface area contributed by atoms with Gasteiger partial charge in [-0.3, -0.25) is 0 Å². The van der Waals surface area contributed by atoms with Crippen molar-refractivity contribution in [2.75, 3.05) is 5.32 Å². The Bertz CT molecular complexity index is 647. The van der Waals surface area contributed by atoms with Crippen LogP contribution in [-0.2, 0) is 6.54 Å². The Balaban J connectivity index is 2.15. The predicted octanol–water partition coefficient (Wildman–Crippen LogP) is 2.26. The van der Waals surface area contributed by atoms with Crippen molar-refractivity contribution < 1.29 is 9.90 Å². The topological polar surface area (TPSA) is 86.0 Å². The van der Waals surface area contributed by atoms with Crippen molar-refractivity contribution in [2.24, 2.45) is 0 Å². The second kappa shape index (κ2) is 5.65. The van der Waals surface area contributed by atoms with Crippen LogP contribution in [0.5, 0.6) is 0 Å². The lowest BCUT2D eigenvalue weighted by molar-refractivity contribution is 0.0697. The number of benzene rings is 1. The van der Waals surface area contributed by atoms with Crippen molar-refractivity contribution in [3.05, 3.63) is 59.3 Å². The van der Waals surface area contributed by atoms with Gasteiger partial charge in [0.05, 0.1) is 11.6 Å². The third-order valence-corrected chi connectivity index (χ3v) is 2.55. The van der Waals surface area contributed by atoms with Crippen molar-refractivity contribution in [1.29, 1.82) is 5.26 Å². The summed E-state index contributed by atoms with van der Waals surface area (Å²) in [7, 11) is 0. The average molecular weight is 253 g/mol. The highest BCUT2D eigenvalue weighted by atomic mass is 16.4. The molecule has 5 nitrogen and oxygen atoms in total. The van der Waals surface area contributed by atoms with E-state index in [0.717, 1.165) is 5.56 Å². The lowest BCUT2D eigenvalue weighted by Gasteiger charge is -2.08. The molecule has 0 saturated carbocycles. The fraction of sp³-hybridized carbons (Fsp3) is 0.0714. The molecule has 0 amide bonds. The first-order valence-corrected chi connectivity index (χ1v) is 5.62. The molecule has 19 heavy (non-hydrogen) atoms. The number of hydrogen-bond acceptors (Lipinski definition) is 4. The van der Waals surface area contributed by atoms with Crippen LogP contribution in [-0.4, -0.2) is 16.1 Å². The quantitative estimate of drug-likeness (QED) is 0.872. The second-order valence-corrected chi connectivity index (χ2v) is 3.87. The first kappa shape index (κ1) is 12.6. The zero-order valence-corrected chi connectivity index (χ0v) is 10.00. The molecule has 94 valence electrons. The van der Waals surface area contributed by atoms with Crippen LogP contribution in [0.2, 0.25) is 0 Å². The van der Waals surface area contributed by atoms with E-state index in [9.17, 15) is 4.79 Å². The summed E-state index contributed by atoms with van der Waals surface area (Å²) < 4.78 is 0. The molecule has 1 aromatic heterocycles. The van der Waals surface area contributed by atoms with E-state index in [0.29, 0.717) is 17.9 Å². The summed E-state index contributed by atoms with van der Waals surface area (Å²) in [5.41, 5.74) is 1.58. The van der Waals surface area contributed by atoms with E-state index in [-0.39, 0.29) is 5.56 Å². The Labute approximate surface area is 110 Å². The lowest BCUT2D eigenvalue weighted by Crippen LogP contribution is -2.08. The van der Waals surface area contributed by atoms with Crippen molar-refractivity contribution in [1.82, 2.24) is 4.98 Å². The van der Waals surface area contributed by atoms with Crippen LogP contribution < -0.4 is 5.32 Å². The number of carboxylic acid groups (broad SMARTS) is 1. The number of aromatic nitrogens is 1. The van der Waals surface area contributed by atoms with Gasteiger partial charge in [0, 0.05) is 12.7 Å². The number of hydrogen-bond donors (Lipinski definition) is 2. The summed E-state index contributed by atoms with van der Waals surface area (Å²) in [4.78, 5) is 15.0. The number of pyridine rings is 1. The van der Waals surface area contributed by atoms with Gasteiger partial charge in [-0.1, -0.05) is 12.1 Å². The molecule has 0 aliphatic heterocycles. The molecule has 0 aliphatic rings. The number of rotatable bonds is 4. The van der Waals surface area contributed by atoms with Gasteiger partial charge in [-0.15, -0.1) is 0 Å². The van der Waals surface area contributed by atoms with Gasteiger partial charge in [0.1, 0.15) is 11.4 Å². The van der Waals surface area contributed by atoms with Gasteiger partial charge in [0.15, 0.2) is 0 Å². The van der Waals surface area contributed by atoms with Gasteiger partial charge in [0.2, 0.25) is 0 Å². The molecule has 0 saturated heterocycles. The zero-order valence-electron chi connectivity index (χ0n) is 10.00. The second-order valence-electron chi connectivity index (χ2n) is 3.87. The minimum atomic E-state index is -1.03. The average Bonchev–Trinajstić information content (AvgIpc) is 2.45. The third-order valence-electron chi connectivity index (χ3n) is 2.55. The van der Waals surface area contributed by atoms with Crippen LogP contribution in [0.1, 0.15) is 21.5 Å². The summed E-state index contributed by atoms with van der Waals surface area (Å²) in [5.74, 6) is -0.710. The number of carbonyl (C=O) groups is 1. The van der Waals surface area contributed by atoms with Crippen LogP contribution in [0.25, 0.3) is 0 Å². The number of carboxylic acids is 1. The molecule has 0 bridgehead atoms. The maximum atomic E-state index is 11.0. The van der Waals surface area contributed by atoms with Gasteiger partial charge < -0.3 is 10.4 Å². The first-order valence-electron chi connectivity index (χ1n) is 5.62. The molecule has 0 fully saturated rings. The van der Waals surface area contributed by atoms with E-state index in [1.807, 2.05) is 6.07 Å². The maximum absolute atomic E-state index is 11.0. The first-order chi connectivity index (χ1) is 9.20. The minimum Gasteiger partial charge on any atom is -0.478 e. The molecule has 5 heteroatoms. The van der Waals surface area contributed by atoms with E-state index in [4.69, 9.17) is 10.4 Å². The largest absolute Gasteiger partial charge is 0.478 e. The SMILES string of the molecule is N#Cc1cccc(CNc2ncccc2C(=O)O)c1. The Hall–Kier alpha value is -2.87. The molecular weight excluding hydrogens is 242 g/mol. The number of nitrogens with zero attached hydrogens (tertiary/aromatic N) is 2. The molecule has 0 radical (unpaired) electrons. The molecule has 2 N–H and O–H groups in total. The zero-order chi connectivity index (χ0) is 13.7. The van der Waals surface area contributed by atoms with E-state index in [1.165, 1.54) is 12.3 Å². The molecule has 1 heterocycles. The van der Waals surface area contributed by atoms with Crippen LogP contribution in [0.4, 0.5) is 5.82 Å². The summed E-state index contributed by atoms with van der Waals surface area (Å²) in [6, 6.07) is 12.2. The summed E-state index contributed by atoms with van der Waals surface area (Å²) >= 11 is 0. The number of nitrogens with one attached hydrogen (secondary N) is 1. The normalized spacial score (nSPS) is 9.63. The molecular formula is C14H11N3O2. The van der Waals surface area contributed by atoms with Gasteiger partial charge in [-0.05, 0) is 29.8 Å². The van der Waals surface area contributed by atoms with Gasteiger partial charge in [0.25, 0.3) is 0 Å². The Morgan fingerprint density at radius 1 is 1.37 bits per heavy atom. The standard InChI is InChI=1S/C14H11N3O2/c15-8-10-3-1-4-11(7-10)9-17-13-12(14(18)19)5-2-6-16-13/h1-7H,9H2,(H,16,17)(H,18,19). The molecule has 0 atom stereocenters. The number of aromatic carboxylic acids is 1. The van der Waals surface area contributed by atoms with E-state index in [2.05, 4.69) is 16.4 Å². The predicted molar refractivity (Wildman–Crippen MR) is 69.7 cm³/mol. The molecule has 1 aromatic carbocycles. The van der Waals surface area contributed by atoms with Gasteiger partial charge in [-0.25, -0.2) is 9.78 Å². The van der Waals surface area contributed by atoms with E-state index in [1.54, 1.807) is 24.3 Å². The van der Waals surface area contributed by atoms with Crippen LogP contribution >= 0.6 is 0 Å². The van der Waals surface area contributed by atoms with Gasteiger partial charge >= 0.3 is 5.97 Å². The maximum Gasteiger partial charge on any atom is 0.339 e. The van der Waals surface area contributed by atoms with Crippen LogP contribution in [0.3, 0.4) is 0 Å². The highest BCUT2D eigenvalue weighted by Gasteiger charge is 2.09. The lowest BCUT2D eigenvalue weighted by atomic mass is 10.1. The fourth-order valence-corrected chi connectivity index (χ4v) is 1.66. The fourth-order valence-electron chi connectivity index (χ4n) is 1.66. The minimum absolute atomic E-state index is 0.124. The summed E-state index contributed by atoms with van der Waals surface area (Å²) in [5, 5.41) is 20.8. The Morgan fingerprint density at radius 2 is 2.21 bits per heavy atom. The molecule has 0 unspecified atom stereocenters. The van der Waals surface area contributed by atoms with E-state index < -0.39 is 5.97 Å². The van der Waals surface area contributed by atoms with Crippen LogP contribution in [0, 0.1) is 11.3 Å². The van der Waals surface area contributed by atoms with Crippen molar-refractivity contribution in [3.63, 3.8) is 0 Å². The van der Waals surface area contributed by atoms with Gasteiger partial charge in [-0.2, -0.15) is 5.26 Å². The highest BCUT2D eigenvalue weighted by Crippen LogP contribution is 2.13. The third kappa shape index (κ3) is 3.07. The number of anilines is 1. The van der Waals surface area contributed by atoms with Crippen molar-refractivity contribution in [2.45, 2.75) is 6.54 Å². The molecule has 0 aliphatic carbocycles. The Kier molecular flexibility index (Phi) is 3.74. The van der Waals surface area contributed by atoms with Crippen molar-refractivity contribution >= 4 is 11.8 Å². The van der Waals surface area contributed by atoms with E-state index >= 15 is 0 Å². The Morgan fingerprint density at radius 3 is 2.95 bits per heavy atom. The smallest absolute Gasteiger partial charge is 0.339 e. The number of nitriles is 1. The summed E-state index contributed by atoms with van der Waals surface area (Å²) in [6.45, 7) is 0.410. The molecule has 0 spiro atoms.